The Morgan fingerprint density at radius 1 is 1.53 bits per heavy atom. The summed E-state index contributed by atoms with van der Waals surface area (Å²) in [5, 5.41) is 0. The zero-order valence-corrected chi connectivity index (χ0v) is 8.46. The van der Waals surface area contributed by atoms with E-state index in [2.05, 4.69) is 4.79 Å². The lowest BCUT2D eigenvalue weighted by Crippen LogP contribution is -2.11. The fourth-order valence-corrected chi connectivity index (χ4v) is 1.17. The molecule has 1 rings (SSSR count). The summed E-state index contributed by atoms with van der Waals surface area (Å²) in [6, 6.07) is 9.74. The van der Waals surface area contributed by atoms with Gasteiger partial charge in [-0.05, 0) is 5.56 Å². The molecule has 0 aliphatic heterocycles. The number of carbonyl (C=O) groups excluding carboxylic acids is 1. The van der Waals surface area contributed by atoms with Crippen molar-refractivity contribution in [1.29, 1.82) is 0 Å². The molecule has 0 saturated carbocycles. The average Bonchev–Trinajstić information content (AvgIpc) is 2.27. The maximum absolute atomic E-state index is 10.8. The molecular weight excluding hydrogens is 192 g/mol. The van der Waals surface area contributed by atoms with E-state index in [1.54, 1.807) is 0 Å². The summed E-state index contributed by atoms with van der Waals surface area (Å²) in [6.45, 7) is 2.23. The molecule has 0 fully saturated rings. The minimum absolute atomic E-state index is 0.127. The summed E-state index contributed by atoms with van der Waals surface area (Å²) in [7, 11) is 0. The van der Waals surface area contributed by atoms with Crippen LogP contribution >= 0.6 is 0 Å². The molecule has 4 heteroatoms. The van der Waals surface area contributed by atoms with E-state index in [0.29, 0.717) is 0 Å². The third-order valence-corrected chi connectivity index (χ3v) is 2.01. The quantitative estimate of drug-likeness (QED) is 0.324. The smallest absolute Gasteiger partial charge is 0.413 e. The standard InChI is InChI=1S/C11H12N2O2/c1-9(8-15-11(14)7-13-12)10-5-3-2-4-6-10/h2-7,9H,8H2,1H3. The van der Waals surface area contributed by atoms with Crippen LogP contribution in [-0.4, -0.2) is 23.6 Å². The molecule has 1 aromatic rings. The van der Waals surface area contributed by atoms with Crippen molar-refractivity contribution < 1.29 is 14.3 Å². The molecule has 1 aromatic carbocycles. The number of esters is 1. The number of hydrogen-bond donors (Lipinski definition) is 0. The number of hydrogen-bond acceptors (Lipinski definition) is 2. The second kappa shape index (κ2) is 5.73. The zero-order chi connectivity index (χ0) is 11.1. The summed E-state index contributed by atoms with van der Waals surface area (Å²) in [6.07, 6.45) is 0.734. The summed E-state index contributed by atoms with van der Waals surface area (Å²) in [5.74, 6) is -0.512. The predicted octanol–water partition coefficient (Wildman–Crippen LogP) is 1.63. The molecule has 0 amide bonds. The second-order valence-corrected chi connectivity index (χ2v) is 3.19. The van der Waals surface area contributed by atoms with Crippen LogP contribution in [0.3, 0.4) is 0 Å². The Hall–Kier alpha value is -1.93. The van der Waals surface area contributed by atoms with Crippen molar-refractivity contribution in [3.8, 4) is 0 Å². The van der Waals surface area contributed by atoms with Crippen LogP contribution in [0, 0.1) is 0 Å². The van der Waals surface area contributed by atoms with E-state index in [0.717, 1.165) is 11.8 Å². The highest BCUT2D eigenvalue weighted by Crippen LogP contribution is 2.14. The predicted molar refractivity (Wildman–Crippen MR) is 55.5 cm³/mol. The van der Waals surface area contributed by atoms with Crippen LogP contribution in [0.5, 0.6) is 0 Å². The Balaban J connectivity index is 2.47. The van der Waals surface area contributed by atoms with Gasteiger partial charge in [-0.3, -0.25) is 0 Å². The molecule has 0 aliphatic carbocycles. The van der Waals surface area contributed by atoms with Gasteiger partial charge in [-0.1, -0.05) is 37.3 Å². The maximum atomic E-state index is 10.8. The number of benzene rings is 1. The molecular formula is C11H12N2O2. The van der Waals surface area contributed by atoms with Gasteiger partial charge in [0.2, 0.25) is 0 Å². The van der Waals surface area contributed by atoms with E-state index in [-0.39, 0.29) is 12.5 Å². The van der Waals surface area contributed by atoms with Gasteiger partial charge in [-0.2, -0.15) is 4.79 Å². The fourth-order valence-electron chi connectivity index (χ4n) is 1.17. The minimum atomic E-state index is -0.639. The molecule has 0 spiro atoms. The van der Waals surface area contributed by atoms with Crippen LogP contribution in [0.1, 0.15) is 18.4 Å². The van der Waals surface area contributed by atoms with Crippen molar-refractivity contribution >= 4 is 12.2 Å². The van der Waals surface area contributed by atoms with Gasteiger partial charge in [0.15, 0.2) is 0 Å². The van der Waals surface area contributed by atoms with Crippen LogP contribution in [0.2, 0.25) is 0 Å². The van der Waals surface area contributed by atoms with Gasteiger partial charge < -0.3 is 10.3 Å². The SMILES string of the molecule is CC(COC(=O)C=[N+]=[N-])c1ccccc1. The molecule has 0 heterocycles. The molecule has 4 nitrogen and oxygen atoms in total. The lowest BCUT2D eigenvalue weighted by molar-refractivity contribution is -0.139. The van der Waals surface area contributed by atoms with Crippen LogP contribution in [0.4, 0.5) is 0 Å². The third-order valence-electron chi connectivity index (χ3n) is 2.01. The van der Waals surface area contributed by atoms with Crippen molar-refractivity contribution in [2.24, 2.45) is 0 Å². The van der Waals surface area contributed by atoms with Gasteiger partial charge in [0.1, 0.15) is 0 Å². The molecule has 15 heavy (non-hydrogen) atoms. The highest BCUT2D eigenvalue weighted by Gasteiger charge is 2.09. The van der Waals surface area contributed by atoms with Crippen molar-refractivity contribution in [3.63, 3.8) is 0 Å². The Kier molecular flexibility index (Phi) is 4.26. The number of ether oxygens (including phenoxy) is 1. The molecule has 0 aliphatic rings. The Morgan fingerprint density at radius 3 is 2.80 bits per heavy atom. The second-order valence-electron chi connectivity index (χ2n) is 3.19. The number of rotatable bonds is 4. The summed E-state index contributed by atoms with van der Waals surface area (Å²) < 4.78 is 4.85. The normalized spacial score (nSPS) is 11.3. The van der Waals surface area contributed by atoms with E-state index in [1.807, 2.05) is 37.3 Å². The molecule has 0 aromatic heterocycles. The van der Waals surface area contributed by atoms with Crippen LogP contribution in [0.25, 0.3) is 5.53 Å². The van der Waals surface area contributed by atoms with Gasteiger partial charge in [0.05, 0.1) is 6.61 Å². The molecule has 1 atom stereocenters. The van der Waals surface area contributed by atoms with Crippen molar-refractivity contribution in [1.82, 2.24) is 0 Å². The Labute approximate surface area is 88.1 Å². The maximum Gasteiger partial charge on any atom is 0.413 e. The Bertz CT molecular complexity index is 369. The Morgan fingerprint density at radius 2 is 2.20 bits per heavy atom. The monoisotopic (exact) mass is 204 g/mol. The molecule has 0 bridgehead atoms. The van der Waals surface area contributed by atoms with E-state index in [9.17, 15) is 4.79 Å². The highest BCUT2D eigenvalue weighted by atomic mass is 16.5. The average molecular weight is 204 g/mol. The van der Waals surface area contributed by atoms with Crippen LogP contribution in [0.15, 0.2) is 30.3 Å². The van der Waals surface area contributed by atoms with E-state index in [1.165, 1.54) is 0 Å². The first-order valence-corrected chi connectivity index (χ1v) is 4.63. The highest BCUT2D eigenvalue weighted by molar-refractivity contribution is 6.20. The van der Waals surface area contributed by atoms with Crippen molar-refractivity contribution in [3.05, 3.63) is 41.4 Å². The first-order chi connectivity index (χ1) is 7.24. The summed E-state index contributed by atoms with van der Waals surface area (Å²) >= 11 is 0. The molecule has 0 saturated heterocycles. The zero-order valence-electron chi connectivity index (χ0n) is 8.46. The number of carbonyl (C=O) groups is 1. The third kappa shape index (κ3) is 3.75. The van der Waals surface area contributed by atoms with Gasteiger partial charge in [0.25, 0.3) is 0 Å². The van der Waals surface area contributed by atoms with Crippen molar-refractivity contribution in [2.75, 3.05) is 6.61 Å². The van der Waals surface area contributed by atoms with Gasteiger partial charge in [-0.15, -0.1) is 0 Å². The van der Waals surface area contributed by atoms with E-state index < -0.39 is 5.97 Å². The van der Waals surface area contributed by atoms with E-state index >= 15 is 0 Å². The van der Waals surface area contributed by atoms with Gasteiger partial charge >= 0.3 is 12.2 Å². The van der Waals surface area contributed by atoms with Crippen LogP contribution in [-0.2, 0) is 9.53 Å². The lowest BCUT2D eigenvalue weighted by atomic mass is 10.0. The summed E-state index contributed by atoms with van der Waals surface area (Å²) in [4.78, 5) is 13.4. The first-order valence-electron chi connectivity index (χ1n) is 4.63. The fraction of sp³-hybridized carbons (Fsp3) is 0.273. The topological polar surface area (TPSA) is 62.7 Å². The van der Waals surface area contributed by atoms with E-state index in [4.69, 9.17) is 10.3 Å². The number of nitrogens with zero attached hydrogens (tertiary/aromatic N) is 2. The van der Waals surface area contributed by atoms with Gasteiger partial charge in [0, 0.05) is 5.92 Å². The minimum Gasteiger partial charge on any atom is -0.457 e. The molecule has 1 unspecified atom stereocenters. The largest absolute Gasteiger partial charge is 0.457 e. The van der Waals surface area contributed by atoms with Crippen LogP contribution < -0.4 is 0 Å². The van der Waals surface area contributed by atoms with Gasteiger partial charge in [-0.25, -0.2) is 4.79 Å². The molecule has 0 radical (unpaired) electrons. The van der Waals surface area contributed by atoms with Crippen molar-refractivity contribution in [2.45, 2.75) is 12.8 Å². The molecule has 0 N–H and O–H groups in total. The summed E-state index contributed by atoms with van der Waals surface area (Å²) in [5.41, 5.74) is 9.19. The lowest BCUT2D eigenvalue weighted by Gasteiger charge is -2.10. The first kappa shape index (κ1) is 11.1. The molecule has 78 valence electrons.